The van der Waals surface area contributed by atoms with Crippen molar-refractivity contribution in [2.45, 2.75) is 24.7 Å². The van der Waals surface area contributed by atoms with E-state index in [1.165, 1.54) is 16.4 Å². The van der Waals surface area contributed by atoms with Crippen LogP contribution in [0.1, 0.15) is 30.1 Å². The Labute approximate surface area is 188 Å². The van der Waals surface area contributed by atoms with Crippen LogP contribution in [-0.2, 0) is 10.0 Å². The molecule has 4 rings (SSSR count). The SMILES string of the molecule is CC1CCCN(S(=O)(=O)c2ccc(NC(=O)c3cccnc3Oc3ccccc3)cc2)C1. The molecule has 166 valence electrons. The summed E-state index contributed by atoms with van der Waals surface area (Å²) in [5.41, 5.74) is 0.755. The number of para-hydroxylation sites is 1. The van der Waals surface area contributed by atoms with Crippen LogP contribution in [0.25, 0.3) is 0 Å². The van der Waals surface area contributed by atoms with E-state index in [1.54, 1.807) is 42.6 Å². The lowest BCUT2D eigenvalue weighted by Gasteiger charge is -2.30. The molecule has 1 atom stereocenters. The quantitative estimate of drug-likeness (QED) is 0.594. The van der Waals surface area contributed by atoms with Crippen LogP contribution in [0.3, 0.4) is 0 Å². The first kappa shape index (κ1) is 22.0. The Morgan fingerprint density at radius 3 is 2.53 bits per heavy atom. The topological polar surface area (TPSA) is 88.6 Å². The highest BCUT2D eigenvalue weighted by Crippen LogP contribution is 2.26. The van der Waals surface area contributed by atoms with Crippen molar-refractivity contribution in [1.29, 1.82) is 0 Å². The third-order valence-electron chi connectivity index (χ3n) is 5.34. The normalized spacial score (nSPS) is 17.0. The van der Waals surface area contributed by atoms with Gasteiger partial charge in [0.25, 0.3) is 5.91 Å². The lowest BCUT2D eigenvalue weighted by molar-refractivity contribution is 0.102. The van der Waals surface area contributed by atoms with E-state index in [9.17, 15) is 13.2 Å². The predicted octanol–water partition coefficient (Wildman–Crippen LogP) is 4.55. The Morgan fingerprint density at radius 1 is 1.06 bits per heavy atom. The van der Waals surface area contributed by atoms with Crippen molar-refractivity contribution in [3.05, 3.63) is 78.5 Å². The Kier molecular flexibility index (Phi) is 6.53. The number of rotatable bonds is 6. The minimum Gasteiger partial charge on any atom is -0.438 e. The second-order valence-electron chi connectivity index (χ2n) is 7.86. The Morgan fingerprint density at radius 2 is 1.81 bits per heavy atom. The van der Waals surface area contributed by atoms with Crippen molar-refractivity contribution in [2.24, 2.45) is 5.92 Å². The molecule has 1 N–H and O–H groups in total. The third-order valence-corrected chi connectivity index (χ3v) is 7.22. The zero-order chi connectivity index (χ0) is 22.6. The van der Waals surface area contributed by atoms with Gasteiger partial charge in [0.1, 0.15) is 11.3 Å². The molecule has 0 radical (unpaired) electrons. The molecule has 1 fully saturated rings. The lowest BCUT2D eigenvalue weighted by atomic mass is 10.0. The van der Waals surface area contributed by atoms with E-state index in [0.717, 1.165) is 12.8 Å². The van der Waals surface area contributed by atoms with E-state index < -0.39 is 15.9 Å². The van der Waals surface area contributed by atoms with Crippen LogP contribution >= 0.6 is 0 Å². The van der Waals surface area contributed by atoms with Crippen LogP contribution in [0.15, 0.2) is 77.8 Å². The highest BCUT2D eigenvalue weighted by molar-refractivity contribution is 7.89. The van der Waals surface area contributed by atoms with Gasteiger partial charge in [0.2, 0.25) is 15.9 Å². The highest BCUT2D eigenvalue weighted by atomic mass is 32.2. The van der Waals surface area contributed by atoms with E-state index in [2.05, 4.69) is 17.2 Å². The summed E-state index contributed by atoms with van der Waals surface area (Å²) in [6.07, 6.45) is 3.46. The van der Waals surface area contributed by atoms with Crippen LogP contribution in [0.2, 0.25) is 0 Å². The fourth-order valence-electron chi connectivity index (χ4n) is 3.67. The molecule has 1 aliphatic heterocycles. The number of ether oxygens (including phenoxy) is 1. The number of aromatic nitrogens is 1. The molecule has 2 aromatic carbocycles. The fourth-order valence-corrected chi connectivity index (χ4v) is 5.27. The van der Waals surface area contributed by atoms with Gasteiger partial charge in [-0.3, -0.25) is 4.79 Å². The summed E-state index contributed by atoms with van der Waals surface area (Å²) < 4.78 is 33.1. The van der Waals surface area contributed by atoms with Gasteiger partial charge in [-0.05, 0) is 67.3 Å². The number of pyridine rings is 1. The first-order chi connectivity index (χ1) is 15.4. The van der Waals surface area contributed by atoms with E-state index in [4.69, 9.17) is 4.74 Å². The Bertz CT molecular complexity index is 1180. The smallest absolute Gasteiger partial charge is 0.261 e. The van der Waals surface area contributed by atoms with Crippen LogP contribution in [-0.4, -0.2) is 36.7 Å². The third kappa shape index (κ3) is 4.98. The van der Waals surface area contributed by atoms with Crippen molar-refractivity contribution in [1.82, 2.24) is 9.29 Å². The minimum absolute atomic E-state index is 0.189. The lowest BCUT2D eigenvalue weighted by Crippen LogP contribution is -2.39. The molecular weight excluding hydrogens is 426 g/mol. The van der Waals surface area contributed by atoms with Crippen LogP contribution < -0.4 is 10.1 Å². The molecule has 2 heterocycles. The van der Waals surface area contributed by atoms with Gasteiger partial charge in [-0.25, -0.2) is 13.4 Å². The van der Waals surface area contributed by atoms with Crippen molar-refractivity contribution in [3.8, 4) is 11.6 Å². The summed E-state index contributed by atoms with van der Waals surface area (Å²) in [6.45, 7) is 3.14. The van der Waals surface area contributed by atoms with Gasteiger partial charge in [0.15, 0.2) is 0 Å². The summed E-state index contributed by atoms with van der Waals surface area (Å²) in [5.74, 6) is 0.713. The molecule has 8 heteroatoms. The fraction of sp³-hybridized carbons (Fsp3) is 0.250. The van der Waals surface area contributed by atoms with Gasteiger partial charge in [-0.2, -0.15) is 4.31 Å². The molecule has 0 bridgehead atoms. The number of nitrogens with one attached hydrogen (secondary N) is 1. The molecular formula is C24H25N3O4S. The van der Waals surface area contributed by atoms with Gasteiger partial charge < -0.3 is 10.1 Å². The number of carbonyl (C=O) groups excluding carboxylic acids is 1. The molecule has 0 spiro atoms. The predicted molar refractivity (Wildman–Crippen MR) is 122 cm³/mol. The van der Waals surface area contributed by atoms with Crippen LogP contribution in [0.4, 0.5) is 5.69 Å². The molecule has 1 unspecified atom stereocenters. The summed E-state index contributed by atoms with van der Waals surface area (Å²) in [5, 5.41) is 2.78. The first-order valence-electron chi connectivity index (χ1n) is 10.5. The number of anilines is 1. The summed E-state index contributed by atoms with van der Waals surface area (Å²) >= 11 is 0. The minimum atomic E-state index is -3.54. The highest BCUT2D eigenvalue weighted by Gasteiger charge is 2.28. The molecule has 3 aromatic rings. The van der Waals surface area contributed by atoms with Crippen molar-refractivity contribution < 1.29 is 17.9 Å². The van der Waals surface area contributed by atoms with Gasteiger partial charge >= 0.3 is 0 Å². The maximum absolute atomic E-state index is 12.9. The number of piperidine rings is 1. The number of nitrogens with zero attached hydrogens (tertiary/aromatic N) is 2. The van der Waals surface area contributed by atoms with E-state index in [-0.39, 0.29) is 16.3 Å². The Hall–Kier alpha value is -3.23. The first-order valence-corrected chi connectivity index (χ1v) is 12.0. The zero-order valence-electron chi connectivity index (χ0n) is 17.8. The Balaban J connectivity index is 1.48. The number of benzene rings is 2. The van der Waals surface area contributed by atoms with Crippen molar-refractivity contribution in [2.75, 3.05) is 18.4 Å². The zero-order valence-corrected chi connectivity index (χ0v) is 18.6. The molecule has 0 saturated carbocycles. The standard InChI is InChI=1S/C24H25N3O4S/c1-18-7-6-16-27(17-18)32(29,30)21-13-11-19(12-14-21)26-23(28)22-10-5-15-25-24(22)31-20-8-3-2-4-9-20/h2-5,8-15,18H,6-7,16-17H2,1H3,(H,26,28). The molecule has 1 amide bonds. The second-order valence-corrected chi connectivity index (χ2v) is 9.80. The van der Waals surface area contributed by atoms with Crippen molar-refractivity contribution >= 4 is 21.6 Å². The average molecular weight is 452 g/mol. The summed E-state index contributed by atoms with van der Waals surface area (Å²) in [4.78, 5) is 17.2. The molecule has 0 aliphatic carbocycles. The van der Waals surface area contributed by atoms with Gasteiger partial charge in [0, 0.05) is 25.0 Å². The van der Waals surface area contributed by atoms with E-state index >= 15 is 0 Å². The van der Waals surface area contributed by atoms with Gasteiger partial charge in [0.05, 0.1) is 4.90 Å². The summed E-state index contributed by atoms with van der Waals surface area (Å²) in [6, 6.07) is 18.6. The monoisotopic (exact) mass is 451 g/mol. The molecule has 7 nitrogen and oxygen atoms in total. The molecule has 1 aromatic heterocycles. The van der Waals surface area contributed by atoms with Crippen molar-refractivity contribution in [3.63, 3.8) is 0 Å². The number of hydrogen-bond donors (Lipinski definition) is 1. The molecule has 32 heavy (non-hydrogen) atoms. The van der Waals surface area contributed by atoms with E-state index in [1.807, 2.05) is 18.2 Å². The van der Waals surface area contributed by atoms with E-state index in [0.29, 0.717) is 30.4 Å². The average Bonchev–Trinajstić information content (AvgIpc) is 2.80. The van der Waals surface area contributed by atoms with Crippen LogP contribution in [0, 0.1) is 5.92 Å². The van der Waals surface area contributed by atoms with Gasteiger partial charge in [-0.1, -0.05) is 25.1 Å². The maximum Gasteiger partial charge on any atom is 0.261 e. The molecule has 1 aliphatic rings. The number of amides is 1. The van der Waals surface area contributed by atoms with Gasteiger partial charge in [-0.15, -0.1) is 0 Å². The summed E-state index contributed by atoms with van der Waals surface area (Å²) in [7, 11) is -3.54. The number of hydrogen-bond acceptors (Lipinski definition) is 5. The molecule has 1 saturated heterocycles. The maximum atomic E-state index is 12.9. The number of sulfonamides is 1. The number of carbonyl (C=O) groups is 1. The van der Waals surface area contributed by atoms with Crippen LogP contribution in [0.5, 0.6) is 11.6 Å². The second kappa shape index (κ2) is 9.50. The largest absolute Gasteiger partial charge is 0.438 e.